The molecule has 4 heterocycles. The smallest absolute Gasteiger partial charge is 0.294 e. The van der Waals surface area contributed by atoms with Gasteiger partial charge < -0.3 is 15.2 Å². The Hall–Kier alpha value is -3.68. The van der Waals surface area contributed by atoms with Crippen molar-refractivity contribution in [1.29, 1.82) is 0 Å². The van der Waals surface area contributed by atoms with Gasteiger partial charge in [-0.05, 0) is 43.0 Å². The van der Waals surface area contributed by atoms with Crippen molar-refractivity contribution in [3.8, 4) is 0 Å². The van der Waals surface area contributed by atoms with Gasteiger partial charge in [0, 0.05) is 50.0 Å². The summed E-state index contributed by atoms with van der Waals surface area (Å²) in [5, 5.41) is 4.28. The van der Waals surface area contributed by atoms with Gasteiger partial charge in [-0.25, -0.2) is 9.97 Å². The van der Waals surface area contributed by atoms with Crippen LogP contribution in [0, 0.1) is 5.92 Å². The summed E-state index contributed by atoms with van der Waals surface area (Å²) >= 11 is 0. The first-order valence-electron chi connectivity index (χ1n) is 11.0. The molecule has 164 valence electrons. The van der Waals surface area contributed by atoms with Crippen LogP contribution < -0.4 is 15.8 Å². The number of amides is 1. The first kappa shape index (κ1) is 20.2. The number of aromatic amines is 1. The van der Waals surface area contributed by atoms with E-state index in [0.717, 1.165) is 24.8 Å². The molecule has 0 saturated carbocycles. The van der Waals surface area contributed by atoms with E-state index in [-0.39, 0.29) is 17.4 Å². The zero-order valence-corrected chi connectivity index (χ0v) is 18.0. The molecule has 4 aromatic rings. The predicted octanol–water partition coefficient (Wildman–Crippen LogP) is 2.39. The molecule has 5 rings (SSSR count). The SMILES string of the molecule is Cn1c(=O)c(N2CCCC(C(=O)NCCc3c[nH]c4ccccc34)C2)nc2cccnc21. The van der Waals surface area contributed by atoms with Gasteiger partial charge in [-0.3, -0.25) is 14.2 Å². The van der Waals surface area contributed by atoms with Gasteiger partial charge in [0.25, 0.3) is 5.56 Å². The molecule has 1 saturated heterocycles. The Morgan fingerprint density at radius 3 is 3.03 bits per heavy atom. The van der Waals surface area contributed by atoms with E-state index in [1.807, 2.05) is 35.4 Å². The highest BCUT2D eigenvalue weighted by Crippen LogP contribution is 2.22. The fourth-order valence-corrected chi connectivity index (χ4v) is 4.53. The fraction of sp³-hybridized carbons (Fsp3) is 0.333. The van der Waals surface area contributed by atoms with Crippen molar-refractivity contribution in [3.63, 3.8) is 0 Å². The summed E-state index contributed by atoms with van der Waals surface area (Å²) in [6.07, 6.45) is 6.09. The Kier molecular flexibility index (Phi) is 5.34. The molecule has 0 radical (unpaired) electrons. The molecule has 3 aromatic heterocycles. The molecule has 2 N–H and O–H groups in total. The second kappa shape index (κ2) is 8.45. The molecule has 0 bridgehead atoms. The number of nitrogens with one attached hydrogen (secondary N) is 2. The van der Waals surface area contributed by atoms with Crippen molar-refractivity contribution in [3.05, 3.63) is 64.7 Å². The van der Waals surface area contributed by atoms with Crippen LogP contribution in [0.4, 0.5) is 5.82 Å². The van der Waals surface area contributed by atoms with E-state index >= 15 is 0 Å². The predicted molar refractivity (Wildman–Crippen MR) is 125 cm³/mol. The standard InChI is InChI=1S/C24H26N6O2/c1-29-21-20(9-4-11-25-21)28-22(24(29)32)30-13-5-6-17(15-30)23(31)26-12-10-16-14-27-19-8-3-2-7-18(16)19/h2-4,7-9,11,14,17,27H,5-6,10,12-13,15H2,1H3,(H,26,31). The summed E-state index contributed by atoms with van der Waals surface area (Å²) in [5.74, 6) is 0.265. The maximum Gasteiger partial charge on any atom is 0.294 e. The van der Waals surface area contributed by atoms with Gasteiger partial charge in [-0.2, -0.15) is 0 Å². The van der Waals surface area contributed by atoms with Crippen LogP contribution in [0.5, 0.6) is 0 Å². The zero-order chi connectivity index (χ0) is 22.1. The van der Waals surface area contributed by atoms with Crippen LogP contribution in [0.3, 0.4) is 0 Å². The number of rotatable bonds is 5. The second-order valence-electron chi connectivity index (χ2n) is 8.33. The molecule has 8 heteroatoms. The molecular formula is C24H26N6O2. The van der Waals surface area contributed by atoms with Crippen LogP contribution in [0.1, 0.15) is 18.4 Å². The number of nitrogens with zero attached hydrogens (tertiary/aromatic N) is 4. The van der Waals surface area contributed by atoms with E-state index in [0.29, 0.717) is 36.6 Å². The third-order valence-corrected chi connectivity index (χ3v) is 6.27. The Morgan fingerprint density at radius 2 is 2.12 bits per heavy atom. The number of hydrogen-bond acceptors (Lipinski definition) is 5. The van der Waals surface area contributed by atoms with Crippen molar-refractivity contribution in [1.82, 2.24) is 24.8 Å². The molecule has 32 heavy (non-hydrogen) atoms. The highest BCUT2D eigenvalue weighted by atomic mass is 16.2. The average molecular weight is 431 g/mol. The van der Waals surface area contributed by atoms with Crippen LogP contribution >= 0.6 is 0 Å². The first-order valence-corrected chi connectivity index (χ1v) is 11.0. The number of pyridine rings is 1. The molecule has 1 aliphatic heterocycles. The molecule has 1 aliphatic rings. The van der Waals surface area contributed by atoms with Gasteiger partial charge in [0.2, 0.25) is 5.91 Å². The number of para-hydroxylation sites is 1. The average Bonchev–Trinajstić information content (AvgIpc) is 3.24. The third kappa shape index (κ3) is 3.72. The maximum absolute atomic E-state index is 12.9. The van der Waals surface area contributed by atoms with E-state index in [1.54, 1.807) is 13.2 Å². The molecule has 1 unspecified atom stereocenters. The Labute approximate surface area is 185 Å². The molecule has 8 nitrogen and oxygen atoms in total. The van der Waals surface area contributed by atoms with Crippen LogP contribution in [-0.4, -0.2) is 45.1 Å². The quantitative estimate of drug-likeness (QED) is 0.507. The number of benzene rings is 1. The fourth-order valence-electron chi connectivity index (χ4n) is 4.53. The Balaban J connectivity index is 1.26. The van der Waals surface area contributed by atoms with Crippen molar-refractivity contribution in [2.75, 3.05) is 24.5 Å². The van der Waals surface area contributed by atoms with E-state index < -0.39 is 0 Å². The van der Waals surface area contributed by atoms with Gasteiger partial charge >= 0.3 is 0 Å². The van der Waals surface area contributed by atoms with E-state index in [4.69, 9.17) is 0 Å². The lowest BCUT2D eigenvalue weighted by molar-refractivity contribution is -0.125. The first-order chi connectivity index (χ1) is 15.6. The summed E-state index contributed by atoms with van der Waals surface area (Å²) in [5.41, 5.74) is 3.36. The Bertz CT molecular complexity index is 1340. The maximum atomic E-state index is 12.9. The monoisotopic (exact) mass is 430 g/mol. The minimum atomic E-state index is -0.184. The highest BCUT2D eigenvalue weighted by molar-refractivity contribution is 5.83. The van der Waals surface area contributed by atoms with Crippen molar-refractivity contribution in [2.24, 2.45) is 13.0 Å². The third-order valence-electron chi connectivity index (χ3n) is 6.27. The van der Waals surface area contributed by atoms with Gasteiger partial charge in [0.05, 0.1) is 5.92 Å². The number of fused-ring (bicyclic) bond motifs is 2. The molecule has 1 fully saturated rings. The van der Waals surface area contributed by atoms with Gasteiger partial charge in [0.15, 0.2) is 11.5 Å². The molecule has 1 atom stereocenters. The zero-order valence-electron chi connectivity index (χ0n) is 18.0. The van der Waals surface area contributed by atoms with Crippen molar-refractivity contribution >= 4 is 33.8 Å². The topological polar surface area (TPSA) is 95.9 Å². The summed E-state index contributed by atoms with van der Waals surface area (Å²) in [7, 11) is 1.71. The number of carbonyl (C=O) groups excluding carboxylic acids is 1. The van der Waals surface area contributed by atoms with Crippen LogP contribution in [0.2, 0.25) is 0 Å². The minimum absolute atomic E-state index is 0.0359. The summed E-state index contributed by atoms with van der Waals surface area (Å²) < 4.78 is 1.53. The van der Waals surface area contributed by atoms with Gasteiger partial charge in [-0.15, -0.1) is 0 Å². The van der Waals surface area contributed by atoms with Gasteiger partial charge in [-0.1, -0.05) is 18.2 Å². The van der Waals surface area contributed by atoms with Crippen molar-refractivity contribution < 1.29 is 4.79 Å². The number of H-pyrrole nitrogens is 1. The number of piperidine rings is 1. The molecule has 1 amide bonds. The number of anilines is 1. The van der Waals surface area contributed by atoms with Crippen LogP contribution in [-0.2, 0) is 18.3 Å². The molecule has 0 aliphatic carbocycles. The lowest BCUT2D eigenvalue weighted by atomic mass is 9.97. The highest BCUT2D eigenvalue weighted by Gasteiger charge is 2.28. The number of hydrogen-bond donors (Lipinski definition) is 2. The summed E-state index contributed by atoms with van der Waals surface area (Å²) in [4.78, 5) is 39.8. The number of aryl methyl sites for hydroxylation is 1. The summed E-state index contributed by atoms with van der Waals surface area (Å²) in [6.45, 7) is 1.79. The summed E-state index contributed by atoms with van der Waals surface area (Å²) in [6, 6.07) is 11.8. The normalized spacial score (nSPS) is 16.5. The van der Waals surface area contributed by atoms with Crippen LogP contribution in [0.25, 0.3) is 22.1 Å². The van der Waals surface area contributed by atoms with E-state index in [9.17, 15) is 9.59 Å². The minimum Gasteiger partial charge on any atom is -0.361 e. The van der Waals surface area contributed by atoms with Gasteiger partial charge in [0.1, 0.15) is 5.52 Å². The molecule has 0 spiro atoms. The molecular weight excluding hydrogens is 404 g/mol. The van der Waals surface area contributed by atoms with E-state index in [2.05, 4.69) is 32.4 Å². The second-order valence-corrected chi connectivity index (χ2v) is 8.33. The number of carbonyl (C=O) groups is 1. The van der Waals surface area contributed by atoms with E-state index in [1.165, 1.54) is 15.5 Å². The Morgan fingerprint density at radius 1 is 1.25 bits per heavy atom. The van der Waals surface area contributed by atoms with Crippen LogP contribution in [0.15, 0.2) is 53.6 Å². The lowest BCUT2D eigenvalue weighted by Gasteiger charge is -2.32. The number of aromatic nitrogens is 4. The molecule has 1 aromatic carbocycles. The largest absolute Gasteiger partial charge is 0.361 e. The lowest BCUT2D eigenvalue weighted by Crippen LogP contribution is -2.45. The van der Waals surface area contributed by atoms with Crippen molar-refractivity contribution in [2.45, 2.75) is 19.3 Å².